The lowest BCUT2D eigenvalue weighted by atomic mass is 10.1. The third kappa shape index (κ3) is 5.44. The van der Waals surface area contributed by atoms with Gasteiger partial charge < -0.3 is 4.74 Å². The molecule has 0 atom stereocenters. The molecule has 19 heavy (non-hydrogen) atoms. The van der Waals surface area contributed by atoms with Crippen molar-refractivity contribution in [2.24, 2.45) is 0 Å². The van der Waals surface area contributed by atoms with E-state index in [9.17, 15) is 8.42 Å². The fraction of sp³-hybridized carbons (Fsp3) is 0.538. The summed E-state index contributed by atoms with van der Waals surface area (Å²) < 4.78 is 29.9. The molecule has 0 unspecified atom stereocenters. The number of halogens is 2. The van der Waals surface area contributed by atoms with Crippen molar-refractivity contribution in [2.75, 3.05) is 18.1 Å². The minimum Gasteiger partial charge on any atom is -0.492 e. The standard InChI is InChI=1S/C13H18Br2O3S/c1-3-5-19(16,17)6-4-18-13-10(2)7-12(15)8-11(13)9-14/h7-8H,3-6,9H2,1-2H3. The number of aryl methyl sites for hydroxylation is 1. The first kappa shape index (κ1) is 17.0. The number of ether oxygens (including phenoxy) is 1. The van der Waals surface area contributed by atoms with Crippen molar-refractivity contribution >= 4 is 41.7 Å². The van der Waals surface area contributed by atoms with Crippen molar-refractivity contribution in [3.63, 3.8) is 0 Å². The Morgan fingerprint density at radius 1 is 1.26 bits per heavy atom. The lowest BCUT2D eigenvalue weighted by molar-refractivity contribution is 0.336. The number of sulfone groups is 1. The minimum atomic E-state index is -2.99. The number of alkyl halides is 1. The molecule has 0 aliphatic carbocycles. The Kier molecular flexibility index (Phi) is 6.83. The zero-order chi connectivity index (χ0) is 14.5. The molecule has 0 aliphatic rings. The van der Waals surface area contributed by atoms with Gasteiger partial charge in [0.1, 0.15) is 12.4 Å². The second-order valence-electron chi connectivity index (χ2n) is 4.34. The predicted octanol–water partition coefficient (Wildman–Crippen LogP) is 3.86. The Morgan fingerprint density at radius 3 is 2.53 bits per heavy atom. The monoisotopic (exact) mass is 412 g/mol. The fourth-order valence-corrected chi connectivity index (χ4v) is 3.99. The smallest absolute Gasteiger partial charge is 0.153 e. The van der Waals surface area contributed by atoms with Gasteiger partial charge in [0.25, 0.3) is 0 Å². The molecule has 0 bridgehead atoms. The molecule has 1 rings (SSSR count). The maximum absolute atomic E-state index is 11.6. The molecule has 3 nitrogen and oxygen atoms in total. The van der Waals surface area contributed by atoms with Crippen LogP contribution in [0.2, 0.25) is 0 Å². The van der Waals surface area contributed by atoms with Crippen LogP contribution < -0.4 is 4.74 Å². The summed E-state index contributed by atoms with van der Waals surface area (Å²) in [6, 6.07) is 3.93. The lowest BCUT2D eigenvalue weighted by Crippen LogP contribution is -2.17. The van der Waals surface area contributed by atoms with E-state index in [2.05, 4.69) is 31.9 Å². The van der Waals surface area contributed by atoms with Crippen LogP contribution in [0.3, 0.4) is 0 Å². The highest BCUT2D eigenvalue weighted by Gasteiger charge is 2.12. The van der Waals surface area contributed by atoms with E-state index >= 15 is 0 Å². The second kappa shape index (κ2) is 7.64. The number of benzene rings is 1. The van der Waals surface area contributed by atoms with E-state index in [0.717, 1.165) is 21.3 Å². The van der Waals surface area contributed by atoms with Crippen LogP contribution in [0, 0.1) is 6.92 Å². The largest absolute Gasteiger partial charge is 0.492 e. The molecule has 1 aromatic rings. The number of hydrogen-bond acceptors (Lipinski definition) is 3. The van der Waals surface area contributed by atoms with Gasteiger partial charge in [-0.25, -0.2) is 8.42 Å². The van der Waals surface area contributed by atoms with Crippen molar-refractivity contribution in [1.29, 1.82) is 0 Å². The van der Waals surface area contributed by atoms with Crippen LogP contribution in [-0.2, 0) is 15.2 Å². The molecular formula is C13H18Br2O3S. The molecule has 0 saturated carbocycles. The Morgan fingerprint density at radius 2 is 1.95 bits per heavy atom. The first-order valence-corrected chi connectivity index (χ1v) is 9.81. The van der Waals surface area contributed by atoms with Crippen molar-refractivity contribution < 1.29 is 13.2 Å². The SMILES string of the molecule is CCCS(=O)(=O)CCOc1c(C)cc(Br)cc1CBr. The molecule has 0 amide bonds. The summed E-state index contributed by atoms with van der Waals surface area (Å²) in [5, 5.41) is 0.671. The normalized spacial score (nSPS) is 11.6. The van der Waals surface area contributed by atoms with Crippen molar-refractivity contribution in [3.8, 4) is 5.75 Å². The van der Waals surface area contributed by atoms with Crippen LogP contribution in [0.5, 0.6) is 5.75 Å². The van der Waals surface area contributed by atoms with Crippen LogP contribution in [-0.4, -0.2) is 26.5 Å². The zero-order valence-corrected chi connectivity index (χ0v) is 15.1. The molecule has 0 spiro atoms. The summed E-state index contributed by atoms with van der Waals surface area (Å²) in [7, 11) is -2.99. The van der Waals surface area contributed by atoms with Crippen molar-refractivity contribution in [3.05, 3.63) is 27.7 Å². The molecule has 1 aromatic carbocycles. The van der Waals surface area contributed by atoms with Crippen LogP contribution in [0.25, 0.3) is 0 Å². The van der Waals surface area contributed by atoms with Gasteiger partial charge in [-0.2, -0.15) is 0 Å². The van der Waals surface area contributed by atoms with Gasteiger partial charge in [0.2, 0.25) is 0 Å². The molecule has 0 saturated heterocycles. The highest BCUT2D eigenvalue weighted by atomic mass is 79.9. The molecule has 0 N–H and O–H groups in total. The van der Waals surface area contributed by atoms with Gasteiger partial charge in [0.15, 0.2) is 9.84 Å². The highest BCUT2D eigenvalue weighted by Crippen LogP contribution is 2.29. The lowest BCUT2D eigenvalue weighted by Gasteiger charge is -2.13. The van der Waals surface area contributed by atoms with E-state index in [4.69, 9.17) is 4.74 Å². The predicted molar refractivity (Wildman–Crippen MR) is 85.9 cm³/mol. The quantitative estimate of drug-likeness (QED) is 0.637. The first-order chi connectivity index (χ1) is 8.89. The molecule has 108 valence electrons. The average Bonchev–Trinajstić information content (AvgIpc) is 2.31. The summed E-state index contributed by atoms with van der Waals surface area (Å²) in [4.78, 5) is 0. The van der Waals surface area contributed by atoms with E-state index in [1.807, 2.05) is 26.0 Å². The molecule has 0 aromatic heterocycles. The molecular weight excluding hydrogens is 396 g/mol. The maximum atomic E-state index is 11.6. The van der Waals surface area contributed by atoms with E-state index < -0.39 is 9.84 Å². The molecule has 0 heterocycles. The minimum absolute atomic E-state index is 0.0675. The third-order valence-electron chi connectivity index (χ3n) is 2.62. The Labute approximate surface area is 131 Å². The van der Waals surface area contributed by atoms with Gasteiger partial charge in [0, 0.05) is 15.4 Å². The van der Waals surface area contributed by atoms with Gasteiger partial charge in [-0.15, -0.1) is 0 Å². The summed E-state index contributed by atoms with van der Waals surface area (Å²) >= 11 is 6.85. The summed E-state index contributed by atoms with van der Waals surface area (Å²) in [6.45, 7) is 4.01. The van der Waals surface area contributed by atoms with E-state index in [1.165, 1.54) is 0 Å². The van der Waals surface area contributed by atoms with Gasteiger partial charge in [-0.05, 0) is 31.0 Å². The zero-order valence-electron chi connectivity index (χ0n) is 11.1. The topological polar surface area (TPSA) is 43.4 Å². The number of rotatable bonds is 7. The maximum Gasteiger partial charge on any atom is 0.153 e. The summed E-state index contributed by atoms with van der Waals surface area (Å²) in [5.41, 5.74) is 2.01. The Balaban J connectivity index is 2.73. The van der Waals surface area contributed by atoms with Crippen LogP contribution in [0.4, 0.5) is 0 Å². The average molecular weight is 414 g/mol. The van der Waals surface area contributed by atoms with Crippen molar-refractivity contribution in [2.45, 2.75) is 25.6 Å². The molecule has 0 aliphatic heterocycles. The molecule has 6 heteroatoms. The van der Waals surface area contributed by atoms with Crippen LogP contribution in [0.1, 0.15) is 24.5 Å². The second-order valence-corrected chi connectivity index (χ2v) is 8.12. The Hall–Kier alpha value is -0.0700. The highest BCUT2D eigenvalue weighted by molar-refractivity contribution is 9.10. The number of hydrogen-bond donors (Lipinski definition) is 0. The Bertz CT molecular complexity index is 527. The fourth-order valence-electron chi connectivity index (χ4n) is 1.79. The van der Waals surface area contributed by atoms with Gasteiger partial charge in [-0.1, -0.05) is 38.8 Å². The van der Waals surface area contributed by atoms with Crippen LogP contribution >= 0.6 is 31.9 Å². The summed E-state index contributed by atoms with van der Waals surface area (Å²) in [6.07, 6.45) is 0.645. The van der Waals surface area contributed by atoms with Crippen molar-refractivity contribution in [1.82, 2.24) is 0 Å². The van der Waals surface area contributed by atoms with E-state index in [1.54, 1.807) is 0 Å². The van der Waals surface area contributed by atoms with Gasteiger partial charge in [-0.3, -0.25) is 0 Å². The van der Waals surface area contributed by atoms with Crippen LogP contribution in [0.15, 0.2) is 16.6 Å². The summed E-state index contributed by atoms with van der Waals surface area (Å²) in [5.74, 6) is 1.06. The van der Waals surface area contributed by atoms with E-state index in [-0.39, 0.29) is 18.1 Å². The molecule has 0 radical (unpaired) electrons. The third-order valence-corrected chi connectivity index (χ3v) is 5.50. The van der Waals surface area contributed by atoms with Gasteiger partial charge in [0.05, 0.1) is 11.5 Å². The van der Waals surface area contributed by atoms with Gasteiger partial charge >= 0.3 is 0 Å². The first-order valence-electron chi connectivity index (χ1n) is 6.08. The molecule has 0 fully saturated rings. The van der Waals surface area contributed by atoms with E-state index in [0.29, 0.717) is 11.8 Å².